The number of nitriles is 1. The summed E-state index contributed by atoms with van der Waals surface area (Å²) in [5.41, 5.74) is -1.35. The topological polar surface area (TPSA) is 189 Å². The van der Waals surface area contributed by atoms with Crippen molar-refractivity contribution in [2.45, 2.75) is 4.90 Å². The quantitative estimate of drug-likeness (QED) is 0.280. The maximum atomic E-state index is 12.5. The second kappa shape index (κ2) is 9.51. The highest BCUT2D eigenvalue weighted by Crippen LogP contribution is 2.39. The molecule has 3 aromatic carbocycles. The lowest BCUT2D eigenvalue weighted by Crippen LogP contribution is -2.09. The third-order valence-corrected chi connectivity index (χ3v) is 6.43. The van der Waals surface area contributed by atoms with E-state index in [-0.39, 0.29) is 45.7 Å². The molecule has 1 heterocycles. The first-order valence-electron chi connectivity index (χ1n) is 10.4. The van der Waals surface area contributed by atoms with Gasteiger partial charge in [0.05, 0.1) is 34.3 Å². The van der Waals surface area contributed by atoms with E-state index in [2.05, 4.69) is 15.0 Å². The number of rotatable bonds is 6. The van der Waals surface area contributed by atoms with E-state index in [1.54, 1.807) is 18.2 Å². The Bertz CT molecular complexity index is 1720. The van der Waals surface area contributed by atoms with Crippen molar-refractivity contribution in [2.75, 3.05) is 13.4 Å². The molecule has 37 heavy (non-hydrogen) atoms. The van der Waals surface area contributed by atoms with Gasteiger partial charge in [0.15, 0.2) is 32.2 Å². The van der Waals surface area contributed by atoms with Crippen LogP contribution in [0.1, 0.15) is 5.56 Å². The van der Waals surface area contributed by atoms with Crippen LogP contribution in [0.5, 0.6) is 17.2 Å². The molecule has 4 aromatic rings. The van der Waals surface area contributed by atoms with E-state index in [0.29, 0.717) is 5.75 Å². The second-order valence-corrected chi connectivity index (χ2v) is 9.64. The first-order chi connectivity index (χ1) is 17.5. The molecule has 186 valence electrons. The van der Waals surface area contributed by atoms with Crippen LogP contribution in [0.25, 0.3) is 34.2 Å². The molecule has 0 fully saturated rings. The van der Waals surface area contributed by atoms with E-state index in [1.165, 1.54) is 37.4 Å². The van der Waals surface area contributed by atoms with E-state index >= 15 is 0 Å². The third kappa shape index (κ3) is 4.73. The van der Waals surface area contributed by atoms with Gasteiger partial charge in [-0.05, 0) is 36.4 Å². The fraction of sp³-hybridized carbons (Fsp3) is 0.0833. The molecular weight excluding hydrogens is 502 g/mol. The molecule has 0 saturated heterocycles. The number of nitro groups is 1. The lowest BCUT2D eigenvalue weighted by molar-refractivity contribution is -0.387. The number of para-hydroxylation sites is 1. The Balaban J connectivity index is 2.10. The van der Waals surface area contributed by atoms with E-state index in [9.17, 15) is 34.0 Å². The number of phenolic OH excluding ortho intramolecular Hbond substituents is 2. The van der Waals surface area contributed by atoms with Crippen LogP contribution in [0.4, 0.5) is 5.69 Å². The van der Waals surface area contributed by atoms with Crippen LogP contribution in [0.3, 0.4) is 0 Å². The van der Waals surface area contributed by atoms with Gasteiger partial charge in [0, 0.05) is 12.3 Å². The van der Waals surface area contributed by atoms with Crippen LogP contribution in [0.15, 0.2) is 59.5 Å². The number of aromatic nitrogens is 3. The molecule has 4 rings (SSSR count). The van der Waals surface area contributed by atoms with E-state index in [1.807, 2.05) is 0 Å². The fourth-order valence-electron chi connectivity index (χ4n) is 3.62. The smallest absolute Gasteiger partial charge is 0.300 e. The molecule has 1 aromatic heterocycles. The van der Waals surface area contributed by atoms with Crippen LogP contribution in [0, 0.1) is 21.4 Å². The summed E-state index contributed by atoms with van der Waals surface area (Å²) < 4.78 is 30.0. The van der Waals surface area contributed by atoms with Crippen molar-refractivity contribution in [2.24, 2.45) is 0 Å². The van der Waals surface area contributed by atoms with Crippen LogP contribution in [-0.4, -0.2) is 51.9 Å². The Morgan fingerprint density at radius 2 is 1.49 bits per heavy atom. The number of nitrogens with zero attached hydrogens (tertiary/aromatic N) is 5. The van der Waals surface area contributed by atoms with Gasteiger partial charge in [-0.15, -0.1) is 0 Å². The molecule has 13 heteroatoms. The fourth-order valence-corrected chi connectivity index (χ4v) is 4.67. The van der Waals surface area contributed by atoms with Crippen molar-refractivity contribution in [3.8, 4) is 57.5 Å². The molecule has 0 spiro atoms. The summed E-state index contributed by atoms with van der Waals surface area (Å²) in [6, 6.07) is 14.3. The number of sulfone groups is 1. The summed E-state index contributed by atoms with van der Waals surface area (Å²) in [6.45, 7) is 0. The monoisotopic (exact) mass is 519 g/mol. The van der Waals surface area contributed by atoms with Gasteiger partial charge in [-0.1, -0.05) is 12.1 Å². The molecule has 0 aliphatic rings. The van der Waals surface area contributed by atoms with Crippen LogP contribution in [0.2, 0.25) is 0 Å². The van der Waals surface area contributed by atoms with Gasteiger partial charge >= 0.3 is 0 Å². The van der Waals surface area contributed by atoms with E-state index < -0.39 is 30.9 Å². The number of nitro benzene ring substituents is 1. The van der Waals surface area contributed by atoms with Crippen molar-refractivity contribution in [3.63, 3.8) is 0 Å². The zero-order valence-electron chi connectivity index (χ0n) is 19.3. The van der Waals surface area contributed by atoms with Gasteiger partial charge in [0.25, 0.3) is 5.69 Å². The molecule has 0 radical (unpaired) electrons. The molecule has 0 bridgehead atoms. The van der Waals surface area contributed by atoms with Crippen molar-refractivity contribution >= 4 is 15.5 Å². The number of hydrogen-bond donors (Lipinski definition) is 2. The van der Waals surface area contributed by atoms with Crippen molar-refractivity contribution < 1.29 is 28.3 Å². The Morgan fingerprint density at radius 1 is 0.919 bits per heavy atom. The summed E-state index contributed by atoms with van der Waals surface area (Å²) in [6.07, 6.45) is 0.752. The predicted octanol–water partition coefficient (Wildman–Crippen LogP) is 3.48. The standard InChI is InChI=1S/C24H17N5O7S/c1-36-14-8-10-16(19(31)11-14)23-26-22(15-5-3-4-6-18(15)30)27-24(28-23)17-9-7-13(12-25)21(37(2,34)35)20(17)29(32)33/h3-11,30-31H,1-2H3. The Morgan fingerprint density at radius 3 is 2.00 bits per heavy atom. The molecule has 0 aliphatic heterocycles. The summed E-state index contributed by atoms with van der Waals surface area (Å²) in [4.78, 5) is 23.3. The highest BCUT2D eigenvalue weighted by molar-refractivity contribution is 7.91. The van der Waals surface area contributed by atoms with Gasteiger partial charge in [0.2, 0.25) is 0 Å². The summed E-state index contributed by atoms with van der Waals surface area (Å²) in [5.74, 6) is -0.672. The maximum absolute atomic E-state index is 12.5. The number of ether oxygens (including phenoxy) is 1. The number of phenols is 2. The van der Waals surface area contributed by atoms with Crippen molar-refractivity contribution in [1.29, 1.82) is 5.26 Å². The number of methoxy groups -OCH3 is 1. The third-order valence-electron chi connectivity index (χ3n) is 5.27. The molecule has 0 unspecified atom stereocenters. The van der Waals surface area contributed by atoms with Gasteiger partial charge < -0.3 is 14.9 Å². The number of benzene rings is 3. The predicted molar refractivity (Wildman–Crippen MR) is 130 cm³/mol. The number of hydrogen-bond acceptors (Lipinski definition) is 11. The summed E-state index contributed by atoms with van der Waals surface area (Å²) in [7, 11) is -2.81. The molecule has 2 N–H and O–H groups in total. The van der Waals surface area contributed by atoms with Gasteiger partial charge in [0.1, 0.15) is 23.3 Å². The number of aromatic hydroxyl groups is 2. The maximum Gasteiger partial charge on any atom is 0.300 e. The van der Waals surface area contributed by atoms with Crippen molar-refractivity contribution in [3.05, 3.63) is 70.3 Å². The minimum absolute atomic E-state index is 0.104. The SMILES string of the molecule is COc1ccc(-c2nc(-c3ccccc3O)nc(-c3ccc(C#N)c(S(C)(=O)=O)c3[N+](=O)[O-])n2)c(O)c1. The average Bonchev–Trinajstić information content (AvgIpc) is 2.87. The Kier molecular flexibility index (Phi) is 6.43. The zero-order valence-corrected chi connectivity index (χ0v) is 20.1. The lowest BCUT2D eigenvalue weighted by atomic mass is 10.1. The Labute approximate surface area is 210 Å². The lowest BCUT2D eigenvalue weighted by Gasteiger charge is -2.12. The molecular formula is C24H17N5O7S. The summed E-state index contributed by atoms with van der Waals surface area (Å²) in [5, 5.41) is 42.4. The normalized spacial score (nSPS) is 11.1. The largest absolute Gasteiger partial charge is 0.507 e. The van der Waals surface area contributed by atoms with Crippen LogP contribution >= 0.6 is 0 Å². The molecule has 0 amide bonds. The highest BCUT2D eigenvalue weighted by Gasteiger charge is 2.32. The molecule has 0 aliphatic carbocycles. The minimum atomic E-state index is -4.23. The highest BCUT2D eigenvalue weighted by atomic mass is 32.2. The van der Waals surface area contributed by atoms with Crippen molar-refractivity contribution in [1.82, 2.24) is 15.0 Å². The minimum Gasteiger partial charge on any atom is -0.507 e. The first kappa shape index (κ1) is 25.0. The van der Waals surface area contributed by atoms with E-state index in [0.717, 1.165) is 18.4 Å². The molecule has 12 nitrogen and oxygen atoms in total. The first-order valence-corrected chi connectivity index (χ1v) is 12.3. The Hall–Kier alpha value is -5.09. The zero-order chi connectivity index (χ0) is 26.9. The van der Waals surface area contributed by atoms with Gasteiger partial charge in [-0.3, -0.25) is 10.1 Å². The molecule has 0 saturated carbocycles. The van der Waals surface area contributed by atoms with E-state index in [4.69, 9.17) is 4.74 Å². The summed E-state index contributed by atoms with van der Waals surface area (Å²) >= 11 is 0. The van der Waals surface area contributed by atoms with Gasteiger partial charge in [-0.2, -0.15) is 5.26 Å². The van der Waals surface area contributed by atoms with Crippen LogP contribution < -0.4 is 4.74 Å². The van der Waals surface area contributed by atoms with Gasteiger partial charge in [-0.25, -0.2) is 23.4 Å². The van der Waals surface area contributed by atoms with Crippen LogP contribution in [-0.2, 0) is 9.84 Å². The average molecular weight is 519 g/mol. The second-order valence-electron chi connectivity index (χ2n) is 7.69. The molecule has 0 atom stereocenters.